The Morgan fingerprint density at radius 2 is 2.00 bits per heavy atom. The van der Waals surface area contributed by atoms with E-state index in [-0.39, 0.29) is 0 Å². The first-order chi connectivity index (χ1) is 7.70. The highest BCUT2D eigenvalue weighted by Crippen LogP contribution is 2.21. The van der Waals surface area contributed by atoms with Gasteiger partial charge in [0, 0.05) is 5.56 Å². The number of hydrogen-bond donors (Lipinski definition) is 4. The standard InChI is InChI=1S/C11H16N2O3/c12-6-5-10(14)11(15)9-4-2-1-3-8(9)7-13-16/h1-4,7,10-11,14-16H,5-6,12H2. The predicted molar refractivity (Wildman–Crippen MR) is 60.5 cm³/mol. The smallest absolute Gasteiger partial charge is 0.106 e. The van der Waals surface area contributed by atoms with Crippen molar-refractivity contribution in [1.82, 2.24) is 0 Å². The second-order valence-corrected chi connectivity index (χ2v) is 3.46. The van der Waals surface area contributed by atoms with E-state index >= 15 is 0 Å². The van der Waals surface area contributed by atoms with Crippen molar-refractivity contribution < 1.29 is 15.4 Å². The molecule has 0 aliphatic carbocycles. The Balaban J connectivity index is 2.93. The molecule has 0 radical (unpaired) electrons. The molecule has 5 nitrogen and oxygen atoms in total. The first-order valence-corrected chi connectivity index (χ1v) is 5.03. The van der Waals surface area contributed by atoms with Crippen LogP contribution < -0.4 is 5.73 Å². The molecule has 16 heavy (non-hydrogen) atoms. The van der Waals surface area contributed by atoms with Gasteiger partial charge >= 0.3 is 0 Å². The van der Waals surface area contributed by atoms with Crippen molar-refractivity contribution >= 4 is 6.21 Å². The lowest BCUT2D eigenvalue weighted by Gasteiger charge is -2.18. The van der Waals surface area contributed by atoms with E-state index in [1.165, 1.54) is 6.21 Å². The van der Waals surface area contributed by atoms with Gasteiger partial charge in [-0.25, -0.2) is 0 Å². The van der Waals surface area contributed by atoms with Gasteiger partial charge in [0.05, 0.1) is 12.3 Å². The predicted octanol–water partition coefficient (Wildman–Crippen LogP) is 0.238. The summed E-state index contributed by atoms with van der Waals surface area (Å²) in [5, 5.41) is 30.9. The van der Waals surface area contributed by atoms with E-state index in [1.807, 2.05) is 0 Å². The van der Waals surface area contributed by atoms with Gasteiger partial charge in [0.25, 0.3) is 0 Å². The normalized spacial score (nSPS) is 15.2. The van der Waals surface area contributed by atoms with Crippen molar-refractivity contribution in [3.05, 3.63) is 35.4 Å². The lowest BCUT2D eigenvalue weighted by Crippen LogP contribution is -2.22. The number of benzene rings is 1. The molecular weight excluding hydrogens is 208 g/mol. The highest BCUT2D eigenvalue weighted by atomic mass is 16.4. The quantitative estimate of drug-likeness (QED) is 0.327. The number of nitrogens with two attached hydrogens (primary N) is 1. The number of hydrogen-bond acceptors (Lipinski definition) is 5. The van der Waals surface area contributed by atoms with Crippen LogP contribution in [0.2, 0.25) is 0 Å². The monoisotopic (exact) mass is 224 g/mol. The van der Waals surface area contributed by atoms with E-state index in [2.05, 4.69) is 5.16 Å². The molecule has 2 atom stereocenters. The molecule has 0 saturated carbocycles. The van der Waals surface area contributed by atoms with Crippen LogP contribution in [0.4, 0.5) is 0 Å². The summed E-state index contributed by atoms with van der Waals surface area (Å²) in [6.07, 6.45) is -0.421. The Hall–Kier alpha value is -1.43. The summed E-state index contributed by atoms with van der Waals surface area (Å²) >= 11 is 0. The van der Waals surface area contributed by atoms with Crippen molar-refractivity contribution in [2.75, 3.05) is 6.54 Å². The lowest BCUT2D eigenvalue weighted by molar-refractivity contribution is 0.0149. The lowest BCUT2D eigenvalue weighted by atomic mass is 9.98. The number of aliphatic hydroxyl groups excluding tert-OH is 2. The average Bonchev–Trinajstić information content (AvgIpc) is 2.29. The van der Waals surface area contributed by atoms with Crippen molar-refractivity contribution in [3.63, 3.8) is 0 Å². The summed E-state index contributed by atoms with van der Waals surface area (Å²) in [6.45, 7) is 0.300. The summed E-state index contributed by atoms with van der Waals surface area (Å²) in [4.78, 5) is 0. The Bertz CT molecular complexity index is 355. The summed E-state index contributed by atoms with van der Waals surface area (Å²) in [5.41, 5.74) is 6.38. The highest BCUT2D eigenvalue weighted by Gasteiger charge is 2.19. The zero-order chi connectivity index (χ0) is 12.0. The summed E-state index contributed by atoms with van der Waals surface area (Å²) < 4.78 is 0. The fourth-order valence-electron chi connectivity index (χ4n) is 1.50. The zero-order valence-corrected chi connectivity index (χ0v) is 8.82. The van der Waals surface area contributed by atoms with Gasteiger partial charge in [0.1, 0.15) is 6.10 Å². The fourth-order valence-corrected chi connectivity index (χ4v) is 1.50. The first-order valence-electron chi connectivity index (χ1n) is 5.03. The van der Waals surface area contributed by atoms with Gasteiger partial charge in [0.2, 0.25) is 0 Å². The second-order valence-electron chi connectivity index (χ2n) is 3.46. The zero-order valence-electron chi connectivity index (χ0n) is 8.82. The van der Waals surface area contributed by atoms with E-state index < -0.39 is 12.2 Å². The molecule has 1 rings (SSSR count). The molecule has 0 aliphatic rings. The van der Waals surface area contributed by atoms with Gasteiger partial charge in [-0.2, -0.15) is 0 Å². The van der Waals surface area contributed by atoms with Crippen LogP contribution in [0.5, 0.6) is 0 Å². The van der Waals surface area contributed by atoms with Crippen LogP contribution in [-0.4, -0.2) is 34.3 Å². The number of aliphatic hydroxyl groups is 2. The van der Waals surface area contributed by atoms with E-state index in [4.69, 9.17) is 10.9 Å². The van der Waals surface area contributed by atoms with Crippen LogP contribution in [0, 0.1) is 0 Å². The van der Waals surface area contributed by atoms with Gasteiger partial charge in [0.15, 0.2) is 0 Å². The molecule has 0 amide bonds. The molecule has 1 aromatic rings. The third-order valence-corrected chi connectivity index (χ3v) is 2.34. The highest BCUT2D eigenvalue weighted by molar-refractivity contribution is 5.81. The maximum Gasteiger partial charge on any atom is 0.106 e. The minimum absolute atomic E-state index is 0.300. The molecule has 5 N–H and O–H groups in total. The molecular formula is C11H16N2O3. The summed E-state index contributed by atoms with van der Waals surface area (Å²) in [5.74, 6) is 0. The third kappa shape index (κ3) is 3.03. The van der Waals surface area contributed by atoms with Crippen molar-refractivity contribution in [2.24, 2.45) is 10.9 Å². The molecule has 2 unspecified atom stereocenters. The van der Waals surface area contributed by atoms with E-state index in [0.717, 1.165) is 0 Å². The minimum atomic E-state index is -1.03. The molecule has 5 heteroatoms. The van der Waals surface area contributed by atoms with Gasteiger partial charge in [-0.1, -0.05) is 29.4 Å². The molecule has 0 heterocycles. The van der Waals surface area contributed by atoms with Crippen LogP contribution in [-0.2, 0) is 0 Å². The summed E-state index contributed by atoms with van der Waals surface area (Å²) in [6, 6.07) is 6.85. The summed E-state index contributed by atoms with van der Waals surface area (Å²) in [7, 11) is 0. The number of oxime groups is 1. The van der Waals surface area contributed by atoms with Gasteiger partial charge in [-0.3, -0.25) is 0 Å². The van der Waals surface area contributed by atoms with Crippen molar-refractivity contribution in [1.29, 1.82) is 0 Å². The topological polar surface area (TPSA) is 99.1 Å². The largest absolute Gasteiger partial charge is 0.411 e. The van der Waals surface area contributed by atoms with Crippen LogP contribution >= 0.6 is 0 Å². The van der Waals surface area contributed by atoms with E-state index in [0.29, 0.717) is 24.1 Å². The number of nitrogens with zero attached hydrogens (tertiary/aromatic N) is 1. The molecule has 0 fully saturated rings. The third-order valence-electron chi connectivity index (χ3n) is 2.34. The van der Waals surface area contributed by atoms with Gasteiger partial charge < -0.3 is 21.2 Å². The van der Waals surface area contributed by atoms with Crippen LogP contribution in [0.3, 0.4) is 0 Å². The minimum Gasteiger partial charge on any atom is -0.411 e. The Morgan fingerprint density at radius 3 is 2.62 bits per heavy atom. The fraction of sp³-hybridized carbons (Fsp3) is 0.364. The average molecular weight is 224 g/mol. The first kappa shape index (κ1) is 12.6. The Morgan fingerprint density at radius 1 is 1.31 bits per heavy atom. The van der Waals surface area contributed by atoms with Crippen molar-refractivity contribution in [3.8, 4) is 0 Å². The second kappa shape index (κ2) is 6.22. The molecule has 0 aliphatic heterocycles. The molecule has 0 saturated heterocycles. The molecule has 0 spiro atoms. The Kier molecular flexibility index (Phi) is 4.91. The number of rotatable bonds is 5. The Labute approximate surface area is 93.8 Å². The molecule has 1 aromatic carbocycles. The van der Waals surface area contributed by atoms with Crippen LogP contribution in [0.1, 0.15) is 23.7 Å². The SMILES string of the molecule is NCCC(O)C(O)c1ccccc1C=NO. The van der Waals surface area contributed by atoms with E-state index in [9.17, 15) is 10.2 Å². The van der Waals surface area contributed by atoms with E-state index in [1.54, 1.807) is 24.3 Å². The molecule has 88 valence electrons. The molecule has 0 bridgehead atoms. The van der Waals surface area contributed by atoms with Gasteiger partial charge in [-0.15, -0.1) is 0 Å². The van der Waals surface area contributed by atoms with Crippen LogP contribution in [0.15, 0.2) is 29.4 Å². The van der Waals surface area contributed by atoms with Crippen LogP contribution in [0.25, 0.3) is 0 Å². The molecule has 0 aromatic heterocycles. The van der Waals surface area contributed by atoms with Crippen molar-refractivity contribution in [2.45, 2.75) is 18.6 Å². The maximum atomic E-state index is 9.88. The van der Waals surface area contributed by atoms with Gasteiger partial charge in [-0.05, 0) is 18.5 Å². The maximum absolute atomic E-state index is 9.88.